The van der Waals surface area contributed by atoms with Gasteiger partial charge in [-0.3, -0.25) is 14.4 Å². The summed E-state index contributed by atoms with van der Waals surface area (Å²) in [5.74, 6) is -1.00. The van der Waals surface area contributed by atoms with Gasteiger partial charge in [-0.25, -0.2) is 0 Å². The zero-order valence-corrected chi connectivity index (χ0v) is 35.2. The Morgan fingerprint density at radius 1 is 0.370 bits per heavy atom. The minimum atomic E-state index is -0.806. The van der Waals surface area contributed by atoms with Crippen molar-refractivity contribution in [1.29, 1.82) is 0 Å². The fraction of sp³-hybridized carbons (Fsp3) is 0.729. The summed E-state index contributed by atoms with van der Waals surface area (Å²) in [6, 6.07) is 0. The molecule has 310 valence electrons. The van der Waals surface area contributed by atoms with Crippen molar-refractivity contribution in [2.24, 2.45) is 0 Å². The maximum atomic E-state index is 12.7. The molecule has 6 nitrogen and oxygen atoms in total. The van der Waals surface area contributed by atoms with E-state index >= 15 is 0 Å². The zero-order valence-electron chi connectivity index (χ0n) is 35.2. The summed E-state index contributed by atoms with van der Waals surface area (Å²) in [5.41, 5.74) is 0. The van der Waals surface area contributed by atoms with Crippen molar-refractivity contribution in [1.82, 2.24) is 0 Å². The van der Waals surface area contributed by atoms with Gasteiger partial charge in [-0.1, -0.05) is 165 Å². The molecule has 0 amide bonds. The van der Waals surface area contributed by atoms with E-state index in [0.29, 0.717) is 19.3 Å². The third-order valence-corrected chi connectivity index (χ3v) is 9.27. The van der Waals surface area contributed by atoms with Gasteiger partial charge in [-0.15, -0.1) is 0 Å². The van der Waals surface area contributed by atoms with Crippen LogP contribution in [0.3, 0.4) is 0 Å². The van der Waals surface area contributed by atoms with Gasteiger partial charge >= 0.3 is 17.9 Å². The van der Waals surface area contributed by atoms with Gasteiger partial charge in [0.05, 0.1) is 0 Å². The lowest BCUT2D eigenvalue weighted by molar-refractivity contribution is -0.167. The molecule has 0 rings (SSSR count). The molecule has 0 spiro atoms. The number of carbonyl (C=O) groups excluding carboxylic acids is 3. The molecule has 0 saturated carbocycles. The number of carbonyl (C=O) groups is 3. The number of hydrogen-bond donors (Lipinski definition) is 0. The summed E-state index contributed by atoms with van der Waals surface area (Å²) < 4.78 is 16.6. The molecule has 0 bridgehead atoms. The Morgan fingerprint density at radius 2 is 0.704 bits per heavy atom. The Morgan fingerprint density at radius 3 is 1.19 bits per heavy atom. The molecule has 0 aromatic carbocycles. The fourth-order valence-electron chi connectivity index (χ4n) is 5.82. The Labute approximate surface area is 332 Å². The van der Waals surface area contributed by atoms with E-state index in [1.807, 2.05) is 0 Å². The average molecular weight is 755 g/mol. The Hall–Kier alpha value is -2.89. The molecular formula is C48H82O6. The van der Waals surface area contributed by atoms with Crippen LogP contribution in [0.2, 0.25) is 0 Å². The van der Waals surface area contributed by atoms with Crippen LogP contribution in [0.4, 0.5) is 0 Å². The lowest BCUT2D eigenvalue weighted by atomic mass is 10.1. The highest BCUT2D eigenvalue weighted by Crippen LogP contribution is 2.11. The number of esters is 3. The van der Waals surface area contributed by atoms with Crippen molar-refractivity contribution >= 4 is 17.9 Å². The predicted octanol–water partition coefficient (Wildman–Crippen LogP) is 14.1. The van der Waals surface area contributed by atoms with Crippen LogP contribution in [0.1, 0.15) is 207 Å². The first-order valence-corrected chi connectivity index (χ1v) is 22.3. The summed E-state index contributed by atoms with van der Waals surface area (Å²) in [4.78, 5) is 37.6. The summed E-state index contributed by atoms with van der Waals surface area (Å²) in [5, 5.41) is 0. The van der Waals surface area contributed by atoms with Crippen LogP contribution in [0.25, 0.3) is 0 Å². The molecule has 0 saturated heterocycles. The standard InChI is InChI=1S/C48H82O6/c1-4-7-10-13-16-19-21-22-23-24-25-27-29-32-35-38-41-47(50)53-44-45(43-52-46(49)40-37-34-31-28-18-15-12-9-6-3)54-48(51)42-39-36-33-30-26-20-17-14-11-8-5-2/h14,17,20,23-28,31,45H,4-13,15-16,18-19,21-22,29-30,32-44H2,1-3H3/b17-14-,24-23-,26-20-,27-25-,31-28-. The topological polar surface area (TPSA) is 78.9 Å². The first-order valence-electron chi connectivity index (χ1n) is 22.3. The molecule has 0 aromatic rings. The maximum absolute atomic E-state index is 12.7. The largest absolute Gasteiger partial charge is 0.462 e. The van der Waals surface area contributed by atoms with Gasteiger partial charge in [0.25, 0.3) is 0 Å². The summed E-state index contributed by atoms with van der Waals surface area (Å²) >= 11 is 0. The Kier molecular flexibility index (Phi) is 40.6. The lowest BCUT2D eigenvalue weighted by Gasteiger charge is -2.18. The van der Waals surface area contributed by atoms with E-state index in [4.69, 9.17) is 14.2 Å². The summed E-state index contributed by atoms with van der Waals surface area (Å²) in [6.07, 6.45) is 50.7. The van der Waals surface area contributed by atoms with Gasteiger partial charge in [0.1, 0.15) is 13.2 Å². The first-order chi connectivity index (χ1) is 26.5. The molecule has 0 heterocycles. The molecule has 0 N–H and O–H groups in total. The number of rotatable bonds is 39. The molecule has 0 aromatic heterocycles. The molecule has 6 heteroatoms. The summed E-state index contributed by atoms with van der Waals surface area (Å²) in [6.45, 7) is 6.45. The molecule has 1 unspecified atom stereocenters. The SMILES string of the molecule is CCCC/C=C\C=C/CCCCCC(=O)OC(COC(=O)CCC/C=C\CCCCCC)COC(=O)CCCCC/C=C\C=C/CCCCCCCCC. The first kappa shape index (κ1) is 51.1. The van der Waals surface area contributed by atoms with Gasteiger partial charge in [0.15, 0.2) is 6.10 Å². The Bertz CT molecular complexity index is 1010. The molecule has 0 radical (unpaired) electrons. The lowest BCUT2D eigenvalue weighted by Crippen LogP contribution is -2.30. The summed E-state index contributed by atoms with van der Waals surface area (Å²) in [7, 11) is 0. The van der Waals surface area contributed by atoms with E-state index in [9.17, 15) is 14.4 Å². The van der Waals surface area contributed by atoms with Crippen molar-refractivity contribution in [3.63, 3.8) is 0 Å². The van der Waals surface area contributed by atoms with Gasteiger partial charge in [0.2, 0.25) is 0 Å². The zero-order chi connectivity index (χ0) is 39.4. The molecule has 54 heavy (non-hydrogen) atoms. The van der Waals surface area contributed by atoms with Crippen LogP contribution in [-0.4, -0.2) is 37.2 Å². The van der Waals surface area contributed by atoms with Crippen molar-refractivity contribution in [3.05, 3.63) is 60.8 Å². The molecule has 1 atom stereocenters. The Balaban J connectivity index is 4.45. The molecule has 0 aliphatic carbocycles. The van der Waals surface area contributed by atoms with E-state index in [-0.39, 0.29) is 37.5 Å². The van der Waals surface area contributed by atoms with Crippen molar-refractivity contribution in [3.8, 4) is 0 Å². The number of allylic oxidation sites excluding steroid dienone is 10. The minimum absolute atomic E-state index is 0.108. The van der Waals surface area contributed by atoms with E-state index in [2.05, 4.69) is 81.5 Å². The molecule has 0 aliphatic heterocycles. The average Bonchev–Trinajstić information content (AvgIpc) is 3.17. The quantitative estimate of drug-likeness (QED) is 0.0204. The number of hydrogen-bond acceptors (Lipinski definition) is 6. The smallest absolute Gasteiger partial charge is 0.306 e. The second-order valence-corrected chi connectivity index (χ2v) is 14.7. The van der Waals surface area contributed by atoms with E-state index in [1.165, 1.54) is 83.5 Å². The predicted molar refractivity (Wildman–Crippen MR) is 228 cm³/mol. The number of ether oxygens (including phenoxy) is 3. The van der Waals surface area contributed by atoms with Gasteiger partial charge in [-0.2, -0.15) is 0 Å². The maximum Gasteiger partial charge on any atom is 0.306 e. The van der Waals surface area contributed by atoms with Gasteiger partial charge in [-0.05, 0) is 83.5 Å². The highest BCUT2D eigenvalue weighted by Gasteiger charge is 2.19. The van der Waals surface area contributed by atoms with E-state index < -0.39 is 6.10 Å². The third kappa shape index (κ3) is 40.3. The van der Waals surface area contributed by atoms with Crippen LogP contribution >= 0.6 is 0 Å². The van der Waals surface area contributed by atoms with Crippen LogP contribution in [-0.2, 0) is 28.6 Å². The normalized spacial score (nSPS) is 12.6. The molecular weight excluding hydrogens is 673 g/mol. The van der Waals surface area contributed by atoms with Gasteiger partial charge in [0, 0.05) is 19.3 Å². The van der Waals surface area contributed by atoms with Crippen LogP contribution in [0, 0.1) is 0 Å². The second-order valence-electron chi connectivity index (χ2n) is 14.7. The highest BCUT2D eigenvalue weighted by molar-refractivity contribution is 5.71. The van der Waals surface area contributed by atoms with Crippen LogP contribution < -0.4 is 0 Å². The van der Waals surface area contributed by atoms with Crippen molar-refractivity contribution in [2.75, 3.05) is 13.2 Å². The minimum Gasteiger partial charge on any atom is -0.462 e. The molecule has 0 fully saturated rings. The van der Waals surface area contributed by atoms with Gasteiger partial charge < -0.3 is 14.2 Å². The number of unbranched alkanes of at least 4 members (excludes halogenated alkanes) is 20. The van der Waals surface area contributed by atoms with E-state index in [1.54, 1.807) is 0 Å². The van der Waals surface area contributed by atoms with Crippen molar-refractivity contribution in [2.45, 2.75) is 213 Å². The van der Waals surface area contributed by atoms with Crippen molar-refractivity contribution < 1.29 is 28.6 Å². The third-order valence-electron chi connectivity index (χ3n) is 9.27. The fourth-order valence-corrected chi connectivity index (χ4v) is 5.82. The van der Waals surface area contributed by atoms with E-state index in [0.717, 1.165) is 77.0 Å². The highest BCUT2D eigenvalue weighted by atomic mass is 16.6. The van der Waals surface area contributed by atoms with Crippen LogP contribution in [0.15, 0.2) is 60.8 Å². The molecule has 0 aliphatic rings. The second kappa shape index (κ2) is 42.8. The van der Waals surface area contributed by atoms with Crippen LogP contribution in [0.5, 0.6) is 0 Å². The monoisotopic (exact) mass is 755 g/mol.